The van der Waals surface area contributed by atoms with Gasteiger partial charge in [0.25, 0.3) is 0 Å². The molecule has 3 heteroatoms. The van der Waals surface area contributed by atoms with Crippen LogP contribution in [0.2, 0.25) is 0 Å². The highest BCUT2D eigenvalue weighted by Gasteiger charge is 2.14. The van der Waals surface area contributed by atoms with Gasteiger partial charge in [0.15, 0.2) is 12.7 Å². The molecule has 108 valence electrons. The van der Waals surface area contributed by atoms with E-state index in [9.17, 15) is 4.79 Å². The minimum atomic E-state index is -0.910. The van der Waals surface area contributed by atoms with E-state index in [1.165, 1.54) is 5.56 Å². The van der Waals surface area contributed by atoms with Crippen molar-refractivity contribution < 1.29 is 14.5 Å². The fourth-order valence-electron chi connectivity index (χ4n) is 2.47. The molecular weight excluding hydrogens is 274 g/mol. The Morgan fingerprint density at radius 2 is 1.68 bits per heavy atom. The summed E-state index contributed by atoms with van der Waals surface area (Å²) < 4.78 is 2.12. The number of aromatic carboxylic acids is 1. The molecule has 0 fully saturated rings. The molecule has 0 atom stereocenters. The van der Waals surface area contributed by atoms with Crippen LogP contribution in [-0.2, 0) is 6.54 Å². The summed E-state index contributed by atoms with van der Waals surface area (Å²) in [6.45, 7) is 0.744. The standard InChI is InChI=1S/C19H15NO2/c21-19(22)17-10-6-9-16(13-17)18-11-4-5-12-20(18)14-15-7-2-1-3-8-15/h1-13H,14H2/p+1. The van der Waals surface area contributed by atoms with Crippen LogP contribution in [0.15, 0.2) is 79.0 Å². The number of benzene rings is 2. The smallest absolute Gasteiger partial charge is 0.335 e. The Morgan fingerprint density at radius 3 is 2.45 bits per heavy atom. The molecule has 0 saturated carbocycles. The van der Waals surface area contributed by atoms with E-state index in [2.05, 4.69) is 16.7 Å². The predicted molar refractivity (Wildman–Crippen MR) is 84.6 cm³/mol. The molecular formula is C19H16NO2+. The van der Waals surface area contributed by atoms with E-state index < -0.39 is 5.97 Å². The Hall–Kier alpha value is -2.94. The van der Waals surface area contributed by atoms with Crippen LogP contribution < -0.4 is 4.57 Å². The summed E-state index contributed by atoms with van der Waals surface area (Å²) in [7, 11) is 0. The zero-order valence-electron chi connectivity index (χ0n) is 12.0. The fraction of sp³-hybridized carbons (Fsp3) is 0.0526. The van der Waals surface area contributed by atoms with Gasteiger partial charge in [-0.2, -0.15) is 4.57 Å². The Morgan fingerprint density at radius 1 is 0.909 bits per heavy atom. The molecule has 0 saturated heterocycles. The van der Waals surface area contributed by atoms with Crippen LogP contribution in [-0.4, -0.2) is 11.1 Å². The molecule has 0 aliphatic rings. The Labute approximate surface area is 129 Å². The molecule has 0 aliphatic carbocycles. The lowest BCUT2D eigenvalue weighted by atomic mass is 10.1. The topological polar surface area (TPSA) is 41.2 Å². The number of nitrogens with zero attached hydrogens (tertiary/aromatic N) is 1. The molecule has 0 radical (unpaired) electrons. The average Bonchev–Trinajstić information content (AvgIpc) is 2.56. The first kappa shape index (κ1) is 14.0. The van der Waals surface area contributed by atoms with Gasteiger partial charge in [0.05, 0.1) is 5.56 Å². The summed E-state index contributed by atoms with van der Waals surface area (Å²) in [6, 6.07) is 23.2. The third-order valence-electron chi connectivity index (χ3n) is 3.54. The van der Waals surface area contributed by atoms with Crippen LogP contribution >= 0.6 is 0 Å². The van der Waals surface area contributed by atoms with Crippen molar-refractivity contribution in [3.63, 3.8) is 0 Å². The fourth-order valence-corrected chi connectivity index (χ4v) is 2.47. The van der Waals surface area contributed by atoms with Gasteiger partial charge in [-0.25, -0.2) is 4.79 Å². The number of hydrogen-bond acceptors (Lipinski definition) is 1. The second kappa shape index (κ2) is 6.22. The van der Waals surface area contributed by atoms with Crippen molar-refractivity contribution in [1.82, 2.24) is 0 Å². The molecule has 0 unspecified atom stereocenters. The van der Waals surface area contributed by atoms with E-state index in [4.69, 9.17) is 5.11 Å². The largest absolute Gasteiger partial charge is 0.478 e. The molecule has 1 heterocycles. The molecule has 0 aliphatic heterocycles. The Bertz CT molecular complexity index is 797. The molecule has 0 amide bonds. The highest BCUT2D eigenvalue weighted by Crippen LogP contribution is 2.17. The van der Waals surface area contributed by atoms with Crippen molar-refractivity contribution in [1.29, 1.82) is 0 Å². The van der Waals surface area contributed by atoms with Crippen LogP contribution in [0.4, 0.5) is 0 Å². The van der Waals surface area contributed by atoms with Crippen molar-refractivity contribution in [2.75, 3.05) is 0 Å². The number of pyridine rings is 1. The van der Waals surface area contributed by atoms with E-state index in [1.807, 2.05) is 48.7 Å². The maximum absolute atomic E-state index is 11.2. The van der Waals surface area contributed by atoms with Crippen LogP contribution in [0.5, 0.6) is 0 Å². The van der Waals surface area contributed by atoms with Crippen molar-refractivity contribution in [2.45, 2.75) is 6.54 Å². The second-order valence-electron chi connectivity index (χ2n) is 5.09. The maximum Gasteiger partial charge on any atom is 0.335 e. The zero-order valence-corrected chi connectivity index (χ0v) is 12.0. The molecule has 1 N–H and O–H groups in total. The first-order valence-electron chi connectivity index (χ1n) is 7.10. The second-order valence-corrected chi connectivity index (χ2v) is 5.09. The van der Waals surface area contributed by atoms with Crippen LogP contribution in [0.25, 0.3) is 11.3 Å². The molecule has 3 rings (SSSR count). The zero-order chi connectivity index (χ0) is 15.4. The average molecular weight is 290 g/mol. The van der Waals surface area contributed by atoms with Gasteiger partial charge in [0.1, 0.15) is 0 Å². The number of carbonyl (C=O) groups is 1. The van der Waals surface area contributed by atoms with Crippen molar-refractivity contribution >= 4 is 5.97 Å². The van der Waals surface area contributed by atoms with Crippen molar-refractivity contribution in [3.8, 4) is 11.3 Å². The van der Waals surface area contributed by atoms with Gasteiger partial charge >= 0.3 is 5.97 Å². The molecule has 1 aromatic heterocycles. The third kappa shape index (κ3) is 3.04. The maximum atomic E-state index is 11.2. The van der Waals surface area contributed by atoms with Gasteiger partial charge in [-0.1, -0.05) is 36.4 Å². The Balaban J connectivity index is 2.01. The molecule has 2 aromatic carbocycles. The van der Waals surface area contributed by atoms with E-state index in [1.54, 1.807) is 18.2 Å². The van der Waals surface area contributed by atoms with E-state index in [-0.39, 0.29) is 0 Å². The van der Waals surface area contributed by atoms with Gasteiger partial charge in [0.2, 0.25) is 5.69 Å². The van der Waals surface area contributed by atoms with E-state index >= 15 is 0 Å². The molecule has 0 spiro atoms. The Kier molecular flexibility index (Phi) is 3.97. The van der Waals surface area contributed by atoms with Crippen LogP contribution in [0.3, 0.4) is 0 Å². The SMILES string of the molecule is O=C(O)c1cccc(-c2cccc[n+]2Cc2ccccc2)c1. The predicted octanol–water partition coefficient (Wildman–Crippen LogP) is 3.39. The van der Waals surface area contributed by atoms with Gasteiger partial charge in [-0.3, -0.25) is 0 Å². The summed E-state index contributed by atoms with van der Waals surface area (Å²) >= 11 is 0. The number of hydrogen-bond donors (Lipinski definition) is 1. The van der Waals surface area contributed by atoms with Crippen molar-refractivity contribution in [3.05, 3.63) is 90.1 Å². The summed E-state index contributed by atoms with van der Waals surface area (Å²) in [6.07, 6.45) is 2.01. The minimum Gasteiger partial charge on any atom is -0.478 e. The highest BCUT2D eigenvalue weighted by atomic mass is 16.4. The first-order valence-corrected chi connectivity index (χ1v) is 7.10. The lowest BCUT2D eigenvalue weighted by molar-refractivity contribution is -0.677. The van der Waals surface area contributed by atoms with Gasteiger partial charge < -0.3 is 5.11 Å². The molecule has 0 bridgehead atoms. The summed E-state index contributed by atoms with van der Waals surface area (Å²) in [5, 5.41) is 9.15. The monoisotopic (exact) mass is 290 g/mol. The lowest BCUT2D eigenvalue weighted by Crippen LogP contribution is -2.36. The third-order valence-corrected chi connectivity index (χ3v) is 3.54. The first-order chi connectivity index (χ1) is 10.7. The molecule has 3 aromatic rings. The van der Waals surface area contributed by atoms with E-state index in [0.29, 0.717) is 5.56 Å². The summed E-state index contributed by atoms with van der Waals surface area (Å²) in [4.78, 5) is 11.2. The van der Waals surface area contributed by atoms with Gasteiger partial charge in [-0.15, -0.1) is 0 Å². The van der Waals surface area contributed by atoms with Crippen LogP contribution in [0, 0.1) is 0 Å². The number of rotatable bonds is 4. The highest BCUT2D eigenvalue weighted by molar-refractivity contribution is 5.89. The summed E-state index contributed by atoms with van der Waals surface area (Å²) in [5.41, 5.74) is 3.40. The van der Waals surface area contributed by atoms with Gasteiger partial charge in [0, 0.05) is 23.3 Å². The number of carboxylic acids is 1. The molecule has 22 heavy (non-hydrogen) atoms. The quantitative estimate of drug-likeness (QED) is 0.748. The van der Waals surface area contributed by atoms with Crippen LogP contribution in [0.1, 0.15) is 15.9 Å². The minimum absolute atomic E-state index is 0.299. The normalized spacial score (nSPS) is 10.4. The van der Waals surface area contributed by atoms with Crippen molar-refractivity contribution in [2.24, 2.45) is 0 Å². The van der Waals surface area contributed by atoms with Gasteiger partial charge in [-0.05, 0) is 24.3 Å². The summed E-state index contributed by atoms with van der Waals surface area (Å²) in [5.74, 6) is -0.910. The number of carboxylic acid groups (broad SMARTS) is 1. The molecule has 3 nitrogen and oxygen atoms in total. The van der Waals surface area contributed by atoms with E-state index in [0.717, 1.165) is 17.8 Å². The lowest BCUT2D eigenvalue weighted by Gasteiger charge is -2.05. The number of aromatic nitrogens is 1.